The number of anilines is 2. The van der Waals surface area contributed by atoms with Crippen molar-refractivity contribution in [2.75, 3.05) is 23.7 Å². The molecule has 23 heavy (non-hydrogen) atoms. The van der Waals surface area contributed by atoms with E-state index < -0.39 is 5.97 Å². The van der Waals surface area contributed by atoms with E-state index >= 15 is 0 Å². The van der Waals surface area contributed by atoms with Gasteiger partial charge >= 0.3 is 5.97 Å². The zero-order valence-electron chi connectivity index (χ0n) is 12.4. The number of carbonyl (C=O) groups is 1. The summed E-state index contributed by atoms with van der Waals surface area (Å²) in [5.41, 5.74) is 1.21. The van der Waals surface area contributed by atoms with Crippen LogP contribution in [0.1, 0.15) is 10.5 Å². The van der Waals surface area contributed by atoms with Crippen LogP contribution in [0.5, 0.6) is 0 Å². The summed E-state index contributed by atoms with van der Waals surface area (Å²) in [6.07, 6.45) is 1.71. The molecule has 0 saturated heterocycles. The lowest BCUT2D eigenvalue weighted by Gasteiger charge is -2.11. The van der Waals surface area contributed by atoms with Gasteiger partial charge in [-0.3, -0.25) is 0 Å². The van der Waals surface area contributed by atoms with E-state index in [1.54, 1.807) is 12.3 Å². The average molecular weight is 308 g/mol. The fraction of sp³-hybridized carbons (Fsp3) is 0.118. The van der Waals surface area contributed by atoms with E-state index in [-0.39, 0.29) is 5.69 Å². The van der Waals surface area contributed by atoms with E-state index in [1.165, 1.54) is 0 Å². The maximum absolute atomic E-state index is 11.4. The Morgan fingerprint density at radius 1 is 1.04 bits per heavy atom. The maximum atomic E-state index is 11.4. The van der Waals surface area contributed by atoms with Crippen molar-refractivity contribution in [1.82, 2.24) is 9.97 Å². The van der Waals surface area contributed by atoms with Crippen LogP contribution in [0.25, 0.3) is 10.9 Å². The Hall–Kier alpha value is -3.15. The number of fused-ring (bicyclic) bond motifs is 1. The van der Waals surface area contributed by atoms with Gasteiger partial charge in [-0.05, 0) is 24.3 Å². The SMILES string of the molecule is O=C(O)c1nc2ccccc2cc1NCCNc1ccccn1. The fourth-order valence-corrected chi connectivity index (χ4v) is 2.27. The zero-order chi connectivity index (χ0) is 16.1. The van der Waals surface area contributed by atoms with Crippen molar-refractivity contribution in [3.8, 4) is 0 Å². The second-order valence-corrected chi connectivity index (χ2v) is 4.95. The highest BCUT2D eigenvalue weighted by molar-refractivity contribution is 5.96. The first-order valence-corrected chi connectivity index (χ1v) is 7.26. The number of nitrogens with one attached hydrogen (secondary N) is 2. The molecule has 1 aromatic carbocycles. The molecule has 0 fully saturated rings. The first-order chi connectivity index (χ1) is 11.2. The highest BCUT2D eigenvalue weighted by Gasteiger charge is 2.13. The van der Waals surface area contributed by atoms with Gasteiger partial charge in [-0.1, -0.05) is 24.3 Å². The molecule has 2 heterocycles. The van der Waals surface area contributed by atoms with E-state index in [0.717, 1.165) is 11.2 Å². The van der Waals surface area contributed by atoms with E-state index in [2.05, 4.69) is 20.6 Å². The van der Waals surface area contributed by atoms with Gasteiger partial charge in [0, 0.05) is 24.7 Å². The summed E-state index contributed by atoms with van der Waals surface area (Å²) >= 11 is 0. The Balaban J connectivity index is 1.71. The van der Waals surface area contributed by atoms with Crippen LogP contribution in [0.2, 0.25) is 0 Å². The summed E-state index contributed by atoms with van der Waals surface area (Å²) in [6.45, 7) is 1.17. The molecule has 3 rings (SSSR count). The standard InChI is InChI=1S/C17H16N4O2/c22-17(23)16-14(11-12-5-1-2-6-13(12)21-16)18-9-10-20-15-7-3-4-8-19-15/h1-8,11,18H,9-10H2,(H,19,20)(H,22,23). The van der Waals surface area contributed by atoms with Gasteiger partial charge in [0.2, 0.25) is 0 Å². The van der Waals surface area contributed by atoms with Crippen molar-refractivity contribution in [3.63, 3.8) is 0 Å². The van der Waals surface area contributed by atoms with Crippen molar-refractivity contribution < 1.29 is 9.90 Å². The average Bonchev–Trinajstić information content (AvgIpc) is 2.59. The summed E-state index contributed by atoms with van der Waals surface area (Å²) in [5, 5.41) is 16.5. The highest BCUT2D eigenvalue weighted by atomic mass is 16.4. The summed E-state index contributed by atoms with van der Waals surface area (Å²) in [4.78, 5) is 19.8. The lowest BCUT2D eigenvalue weighted by molar-refractivity contribution is 0.0692. The number of aromatic carboxylic acids is 1. The zero-order valence-corrected chi connectivity index (χ0v) is 12.4. The minimum Gasteiger partial charge on any atom is -0.476 e. The molecule has 0 unspecified atom stereocenters. The molecule has 2 aromatic heterocycles. The van der Waals surface area contributed by atoms with Crippen molar-refractivity contribution in [1.29, 1.82) is 0 Å². The summed E-state index contributed by atoms with van der Waals surface area (Å²) in [6, 6.07) is 14.9. The second kappa shape index (κ2) is 6.74. The number of carboxylic acids is 1. The van der Waals surface area contributed by atoms with Crippen molar-refractivity contribution in [3.05, 3.63) is 60.4 Å². The number of rotatable bonds is 6. The Morgan fingerprint density at radius 3 is 2.61 bits per heavy atom. The number of para-hydroxylation sites is 1. The number of benzene rings is 1. The van der Waals surface area contributed by atoms with Gasteiger partial charge in [0.1, 0.15) is 5.82 Å². The highest BCUT2D eigenvalue weighted by Crippen LogP contribution is 2.20. The number of hydrogen-bond acceptors (Lipinski definition) is 5. The van der Waals surface area contributed by atoms with Crippen LogP contribution >= 0.6 is 0 Å². The monoisotopic (exact) mass is 308 g/mol. The Labute approximate surface area is 133 Å². The van der Waals surface area contributed by atoms with E-state index in [1.807, 2.05) is 42.5 Å². The van der Waals surface area contributed by atoms with Gasteiger partial charge in [-0.2, -0.15) is 0 Å². The minimum atomic E-state index is -1.05. The first-order valence-electron chi connectivity index (χ1n) is 7.26. The van der Waals surface area contributed by atoms with E-state index in [9.17, 15) is 9.90 Å². The predicted octanol–water partition coefficient (Wildman–Crippen LogP) is 2.85. The molecule has 0 bridgehead atoms. The third kappa shape index (κ3) is 3.55. The third-order valence-electron chi connectivity index (χ3n) is 3.34. The molecule has 0 spiro atoms. The van der Waals surface area contributed by atoms with Crippen LogP contribution in [0.15, 0.2) is 54.7 Å². The Morgan fingerprint density at radius 2 is 1.83 bits per heavy atom. The number of nitrogens with zero attached hydrogens (tertiary/aromatic N) is 2. The topological polar surface area (TPSA) is 87.1 Å². The molecule has 6 heteroatoms. The van der Waals surface area contributed by atoms with Crippen LogP contribution in [0, 0.1) is 0 Å². The maximum Gasteiger partial charge on any atom is 0.356 e. The molecule has 0 aliphatic heterocycles. The molecule has 0 amide bonds. The van der Waals surface area contributed by atoms with Crippen LogP contribution < -0.4 is 10.6 Å². The quantitative estimate of drug-likeness (QED) is 0.607. The van der Waals surface area contributed by atoms with Crippen LogP contribution in [0.3, 0.4) is 0 Å². The Kier molecular flexibility index (Phi) is 4.33. The molecule has 0 radical (unpaired) electrons. The molecule has 0 aliphatic carbocycles. The largest absolute Gasteiger partial charge is 0.476 e. The number of hydrogen-bond donors (Lipinski definition) is 3. The normalized spacial score (nSPS) is 10.4. The Bertz CT molecular complexity index is 821. The number of aromatic nitrogens is 2. The summed E-state index contributed by atoms with van der Waals surface area (Å²) < 4.78 is 0. The first kappa shape index (κ1) is 14.8. The second-order valence-electron chi connectivity index (χ2n) is 4.95. The van der Waals surface area contributed by atoms with Gasteiger partial charge in [-0.15, -0.1) is 0 Å². The van der Waals surface area contributed by atoms with Gasteiger partial charge in [-0.25, -0.2) is 14.8 Å². The minimum absolute atomic E-state index is 0.0292. The molecule has 0 saturated carbocycles. The van der Waals surface area contributed by atoms with Crippen LogP contribution in [-0.2, 0) is 0 Å². The van der Waals surface area contributed by atoms with E-state index in [4.69, 9.17) is 0 Å². The van der Waals surface area contributed by atoms with Crippen molar-refractivity contribution >= 4 is 28.4 Å². The van der Waals surface area contributed by atoms with E-state index in [0.29, 0.717) is 24.3 Å². The molecule has 0 aliphatic rings. The molecule has 3 aromatic rings. The molecule has 116 valence electrons. The molecule has 3 N–H and O–H groups in total. The molecule has 6 nitrogen and oxygen atoms in total. The third-order valence-corrected chi connectivity index (χ3v) is 3.34. The van der Waals surface area contributed by atoms with Crippen LogP contribution in [0.4, 0.5) is 11.5 Å². The summed E-state index contributed by atoms with van der Waals surface area (Å²) in [5.74, 6) is -0.264. The van der Waals surface area contributed by atoms with Gasteiger partial charge in [0.25, 0.3) is 0 Å². The van der Waals surface area contributed by atoms with Crippen molar-refractivity contribution in [2.45, 2.75) is 0 Å². The van der Waals surface area contributed by atoms with Gasteiger partial charge in [0.05, 0.1) is 11.2 Å². The fourth-order valence-electron chi connectivity index (χ4n) is 2.27. The molecule has 0 atom stereocenters. The smallest absolute Gasteiger partial charge is 0.356 e. The number of carboxylic acid groups (broad SMARTS) is 1. The molecular formula is C17H16N4O2. The van der Waals surface area contributed by atoms with Crippen molar-refractivity contribution in [2.24, 2.45) is 0 Å². The van der Waals surface area contributed by atoms with Crippen LogP contribution in [-0.4, -0.2) is 34.1 Å². The number of pyridine rings is 2. The van der Waals surface area contributed by atoms with Gasteiger partial charge < -0.3 is 15.7 Å². The molecular weight excluding hydrogens is 292 g/mol. The summed E-state index contributed by atoms with van der Waals surface area (Å²) in [7, 11) is 0. The lowest BCUT2D eigenvalue weighted by atomic mass is 10.1. The lowest BCUT2D eigenvalue weighted by Crippen LogP contribution is -2.16. The van der Waals surface area contributed by atoms with Gasteiger partial charge in [0.15, 0.2) is 5.69 Å². The predicted molar refractivity (Wildman–Crippen MR) is 89.9 cm³/mol.